The molecule has 0 nitrogen and oxygen atoms in total. The molecule has 0 aromatic rings. The van der Waals surface area contributed by atoms with Crippen LogP contribution in [0.25, 0.3) is 0 Å². The van der Waals surface area contributed by atoms with E-state index in [0.717, 1.165) is 5.92 Å². The van der Waals surface area contributed by atoms with Crippen LogP contribution in [-0.2, 0) is 0 Å². The normalized spacial score (nSPS) is 8.25. The third-order valence-electron chi connectivity index (χ3n) is 0.866. The Morgan fingerprint density at radius 3 is 1.62 bits per heavy atom. The Bertz CT molecular complexity index is 25.7. The molecule has 0 saturated heterocycles. The van der Waals surface area contributed by atoms with E-state index in [1.54, 1.807) is 0 Å². The van der Waals surface area contributed by atoms with Gasteiger partial charge in [0.05, 0.1) is 0 Å². The van der Waals surface area contributed by atoms with Crippen molar-refractivity contribution in [1.29, 1.82) is 0 Å². The fourth-order valence-corrected chi connectivity index (χ4v) is 0.577. The molecule has 0 aromatic heterocycles. The maximum absolute atomic E-state index is 2.25. The van der Waals surface area contributed by atoms with Gasteiger partial charge in [0.25, 0.3) is 0 Å². The fourth-order valence-electron chi connectivity index (χ4n) is 0.577. The number of rotatable bonds is 2. The zero-order chi connectivity index (χ0) is 6.99. The summed E-state index contributed by atoms with van der Waals surface area (Å²) in [6.07, 6.45) is 2.71. The summed E-state index contributed by atoms with van der Waals surface area (Å²) in [6, 6.07) is 0. The van der Waals surface area contributed by atoms with Gasteiger partial charge in [-0.25, -0.2) is 0 Å². The second kappa shape index (κ2) is 10.1. The van der Waals surface area contributed by atoms with Gasteiger partial charge in [-0.15, -0.1) is 0 Å². The van der Waals surface area contributed by atoms with E-state index in [1.165, 1.54) is 12.8 Å². The van der Waals surface area contributed by atoms with Crippen LogP contribution >= 0.6 is 0 Å². The second-order valence-electron chi connectivity index (χ2n) is 2.18. The highest BCUT2D eigenvalue weighted by Crippen LogP contribution is 2.00. The summed E-state index contributed by atoms with van der Waals surface area (Å²) in [5.74, 6) is 0.898. The average molecular weight is 119 g/mol. The van der Waals surface area contributed by atoms with E-state index in [4.69, 9.17) is 0 Å². The lowest BCUT2D eigenvalue weighted by Gasteiger charge is -1.95. The van der Waals surface area contributed by atoms with Crippen molar-refractivity contribution in [2.24, 2.45) is 5.92 Å². The minimum atomic E-state index is 0. The molecule has 0 fully saturated rings. The van der Waals surface area contributed by atoms with Crippen LogP contribution in [0.15, 0.2) is 0 Å². The molecule has 0 rings (SSSR count). The Morgan fingerprint density at radius 1 is 1.25 bits per heavy atom. The van der Waals surface area contributed by atoms with Crippen molar-refractivity contribution in [3.63, 3.8) is 0 Å². The minimum absolute atomic E-state index is 0. The topological polar surface area (TPSA) is 0 Å². The number of hydrogen-bond acceptors (Lipinski definition) is 0. The highest BCUT2D eigenvalue weighted by atomic mass is 13.9. The van der Waals surface area contributed by atoms with Gasteiger partial charge in [-0.3, -0.25) is 0 Å². The largest absolute Gasteiger partial charge is 0.0683 e. The Kier molecular flexibility index (Phi) is 13.7. The van der Waals surface area contributed by atoms with E-state index in [1.807, 2.05) is 13.8 Å². The van der Waals surface area contributed by atoms with Crippen LogP contribution in [-0.4, -0.2) is 0 Å². The van der Waals surface area contributed by atoms with Gasteiger partial charge < -0.3 is 0 Å². The average Bonchev–Trinajstić information content (AvgIpc) is 1.72. The summed E-state index contributed by atoms with van der Waals surface area (Å²) in [5, 5.41) is 0. The van der Waals surface area contributed by atoms with Crippen LogP contribution in [0.3, 0.4) is 0 Å². The molecular formula is C8H22. The first-order valence-electron chi connectivity index (χ1n) is 3.77. The van der Waals surface area contributed by atoms with Crippen molar-refractivity contribution < 1.29 is 1.43 Å². The van der Waals surface area contributed by atoms with Crippen LogP contribution < -0.4 is 0 Å². The fraction of sp³-hybridized carbons (Fsp3) is 1.00. The van der Waals surface area contributed by atoms with Crippen molar-refractivity contribution in [2.75, 3.05) is 0 Å². The zero-order valence-electron chi connectivity index (χ0n) is 6.99. The van der Waals surface area contributed by atoms with Crippen LogP contribution in [0.5, 0.6) is 0 Å². The van der Waals surface area contributed by atoms with Crippen LogP contribution in [0, 0.1) is 5.92 Å². The van der Waals surface area contributed by atoms with Crippen LogP contribution in [0.1, 0.15) is 48.9 Å². The van der Waals surface area contributed by atoms with Crippen LogP contribution in [0.4, 0.5) is 0 Å². The number of hydrogen-bond donors (Lipinski definition) is 0. The van der Waals surface area contributed by atoms with Crippen molar-refractivity contribution in [3.05, 3.63) is 0 Å². The summed E-state index contributed by atoms with van der Waals surface area (Å²) < 4.78 is 0. The first-order chi connectivity index (χ1) is 3.77. The molecule has 0 amide bonds. The van der Waals surface area contributed by atoms with Gasteiger partial charge in [-0.2, -0.15) is 0 Å². The van der Waals surface area contributed by atoms with E-state index in [9.17, 15) is 0 Å². The van der Waals surface area contributed by atoms with Gasteiger partial charge >= 0.3 is 0 Å². The summed E-state index contributed by atoms with van der Waals surface area (Å²) in [4.78, 5) is 0. The summed E-state index contributed by atoms with van der Waals surface area (Å²) in [5.41, 5.74) is 0. The van der Waals surface area contributed by atoms with E-state index < -0.39 is 0 Å². The summed E-state index contributed by atoms with van der Waals surface area (Å²) in [7, 11) is 0. The molecule has 0 heterocycles. The molecule has 0 aliphatic carbocycles. The maximum Gasteiger partial charge on any atom is 0 e. The van der Waals surface area contributed by atoms with E-state index >= 15 is 0 Å². The monoisotopic (exact) mass is 119 g/mol. The van der Waals surface area contributed by atoms with Gasteiger partial charge in [0.1, 0.15) is 0 Å². The Hall–Kier alpha value is 0. The summed E-state index contributed by atoms with van der Waals surface area (Å²) >= 11 is 0. The smallest absolute Gasteiger partial charge is 0 e. The maximum atomic E-state index is 2.25. The molecule has 0 aliphatic rings. The third-order valence-corrected chi connectivity index (χ3v) is 0.866. The standard InChI is InChI=1S/C6H14.C2H6.H2/c1-4-5-6(2)3;1-2;/h6H,4-5H2,1-3H3;1-2H3;1H/i;;1+1. The zero-order valence-corrected chi connectivity index (χ0v) is 6.99. The van der Waals surface area contributed by atoms with Gasteiger partial charge in [-0.1, -0.05) is 47.5 Å². The molecule has 0 aromatic carbocycles. The summed E-state index contributed by atoms with van der Waals surface area (Å²) in [6.45, 7) is 10.7. The first kappa shape index (κ1) is 10.9. The van der Waals surface area contributed by atoms with Gasteiger partial charge in [-0.05, 0) is 5.92 Å². The van der Waals surface area contributed by atoms with Crippen molar-refractivity contribution >= 4 is 0 Å². The Balaban J connectivity index is -0.000000109. The third kappa shape index (κ3) is 16.7. The molecule has 0 unspecified atom stereocenters. The molecule has 0 heteroatoms. The molecule has 8 heavy (non-hydrogen) atoms. The lowest BCUT2D eigenvalue weighted by Crippen LogP contribution is -1.81. The SMILES string of the molecule is CC.CCCC(C)C.[2HH]. The first-order valence-corrected chi connectivity index (χ1v) is 3.77. The van der Waals surface area contributed by atoms with Gasteiger partial charge in [0.15, 0.2) is 0 Å². The Labute approximate surface area is 55.8 Å². The van der Waals surface area contributed by atoms with Gasteiger partial charge in [0.2, 0.25) is 0 Å². The van der Waals surface area contributed by atoms with E-state index in [0.29, 0.717) is 0 Å². The molecule has 0 bridgehead atoms. The molecule has 0 aliphatic heterocycles. The quantitative estimate of drug-likeness (QED) is 0.519. The Morgan fingerprint density at radius 2 is 1.62 bits per heavy atom. The van der Waals surface area contributed by atoms with E-state index in [-0.39, 0.29) is 1.43 Å². The lowest BCUT2D eigenvalue weighted by atomic mass is 10.1. The van der Waals surface area contributed by atoms with Crippen molar-refractivity contribution in [1.82, 2.24) is 0 Å². The molecule has 0 radical (unpaired) electrons. The molecule has 0 N–H and O–H groups in total. The molecule has 0 spiro atoms. The lowest BCUT2D eigenvalue weighted by molar-refractivity contribution is 0.576. The predicted molar refractivity (Wildman–Crippen MR) is 43.2 cm³/mol. The van der Waals surface area contributed by atoms with Crippen molar-refractivity contribution in [3.8, 4) is 0 Å². The highest BCUT2D eigenvalue weighted by molar-refractivity contribution is 4.38. The molecule has 0 saturated carbocycles. The predicted octanol–water partition coefficient (Wildman–Crippen LogP) is 3.71. The van der Waals surface area contributed by atoms with E-state index in [2.05, 4.69) is 20.8 Å². The van der Waals surface area contributed by atoms with Gasteiger partial charge in [0, 0.05) is 1.43 Å². The molecule has 0 atom stereocenters. The molecular weight excluding hydrogens is 96.1 g/mol. The van der Waals surface area contributed by atoms with Crippen molar-refractivity contribution in [2.45, 2.75) is 47.5 Å². The minimum Gasteiger partial charge on any atom is -0.0683 e. The highest BCUT2D eigenvalue weighted by Gasteiger charge is 1.85. The molecule has 54 valence electrons. The van der Waals surface area contributed by atoms with Crippen LogP contribution in [0.2, 0.25) is 0 Å². The second-order valence-corrected chi connectivity index (χ2v) is 2.18.